The van der Waals surface area contributed by atoms with Crippen molar-refractivity contribution in [2.24, 2.45) is 0 Å². The molecule has 10 nitrogen and oxygen atoms in total. The van der Waals surface area contributed by atoms with Crippen LogP contribution in [0, 0.1) is 0 Å². The molecule has 2 rings (SSSR count). The minimum Gasteiger partial charge on any atom is -0.459 e. The van der Waals surface area contributed by atoms with Crippen LogP contribution in [-0.4, -0.2) is 69.2 Å². The molecule has 0 aromatic rings. The molecule has 2 aliphatic heterocycles. The first-order chi connectivity index (χ1) is 8.30. The van der Waals surface area contributed by atoms with Crippen LogP contribution in [0.5, 0.6) is 0 Å². The zero-order valence-electron chi connectivity index (χ0n) is 8.99. The van der Waals surface area contributed by atoms with Gasteiger partial charge >= 0.3 is 11.9 Å². The monoisotopic (exact) mass is 264 g/mol. The van der Waals surface area contributed by atoms with Crippen LogP contribution in [0.1, 0.15) is 0 Å². The number of hydrogen-bond acceptors (Lipinski definition) is 10. The Morgan fingerprint density at radius 3 is 1.50 bits per heavy atom. The van der Waals surface area contributed by atoms with Gasteiger partial charge in [-0.2, -0.15) is 0 Å². The first kappa shape index (κ1) is 13.1. The molecule has 2 fully saturated rings. The highest BCUT2D eigenvalue weighted by molar-refractivity contribution is 5.83. The molecule has 2 saturated heterocycles. The van der Waals surface area contributed by atoms with Crippen molar-refractivity contribution in [2.45, 2.75) is 23.7 Å². The van der Waals surface area contributed by atoms with E-state index in [2.05, 4.69) is 9.47 Å². The molecule has 2 heterocycles. The predicted octanol–water partition coefficient (Wildman–Crippen LogP) is -4.71. The molecule has 0 amide bonds. The van der Waals surface area contributed by atoms with Crippen LogP contribution in [0.3, 0.4) is 0 Å². The summed E-state index contributed by atoms with van der Waals surface area (Å²) in [5, 5.41) is 38.2. The third kappa shape index (κ3) is 1.75. The number of carbonyl (C=O) groups excluding carboxylic acids is 2. The number of nitrogens with one attached hydrogen (secondary N) is 2. The first-order valence-corrected chi connectivity index (χ1v) is 5.00. The second kappa shape index (κ2) is 4.12. The summed E-state index contributed by atoms with van der Waals surface area (Å²) in [4.78, 5) is 22.4. The number of aliphatic hydroxyl groups excluding tert-OH is 2. The van der Waals surface area contributed by atoms with Crippen LogP contribution in [0.2, 0.25) is 0 Å². The third-order valence-electron chi connectivity index (χ3n) is 2.78. The van der Waals surface area contributed by atoms with E-state index in [1.54, 1.807) is 0 Å². The quantitative estimate of drug-likeness (QED) is 0.166. The van der Waals surface area contributed by atoms with Gasteiger partial charge in [0.25, 0.3) is 11.4 Å². The van der Waals surface area contributed by atoms with Gasteiger partial charge in [0, 0.05) is 0 Å². The van der Waals surface area contributed by atoms with Gasteiger partial charge in [0.1, 0.15) is 25.4 Å². The Labute approximate surface area is 100 Å². The van der Waals surface area contributed by atoms with Gasteiger partial charge in [-0.15, -0.1) is 0 Å². The number of ether oxygens (including phenoxy) is 2. The van der Waals surface area contributed by atoms with E-state index in [0.717, 1.165) is 0 Å². The molecule has 0 unspecified atom stereocenters. The SMILES string of the molecule is O=C1OC[C@@H](O)[C@@]1(O)NN[C@@]1(O)C(=O)OC[C@H]1O. The standard InChI is InChI=1S/C8H12N2O8/c11-3-1-17-5(13)7(3,15)9-10-8(16)4(12)2-18-6(8)14/h3-4,9-12,15-16H,1-2H2/t3-,4-,7+,8+/m1/s1. The minimum absolute atomic E-state index is 0.449. The Hall–Kier alpha value is -1.30. The molecule has 4 atom stereocenters. The zero-order chi connectivity index (χ0) is 13.6. The molecule has 0 aromatic carbocycles. The number of hydrogen-bond donors (Lipinski definition) is 6. The average molecular weight is 264 g/mol. The van der Waals surface area contributed by atoms with E-state index in [4.69, 9.17) is 0 Å². The van der Waals surface area contributed by atoms with Crippen molar-refractivity contribution in [3.63, 3.8) is 0 Å². The Morgan fingerprint density at radius 2 is 1.28 bits per heavy atom. The summed E-state index contributed by atoms with van der Waals surface area (Å²) < 4.78 is 8.76. The minimum atomic E-state index is -2.53. The van der Waals surface area contributed by atoms with Crippen LogP contribution in [-0.2, 0) is 19.1 Å². The van der Waals surface area contributed by atoms with Gasteiger partial charge in [-0.1, -0.05) is 0 Å². The molecular weight excluding hydrogens is 252 g/mol. The molecule has 0 bridgehead atoms. The maximum atomic E-state index is 11.2. The zero-order valence-corrected chi connectivity index (χ0v) is 8.99. The Balaban J connectivity index is 2.07. The number of cyclic esters (lactones) is 2. The van der Waals surface area contributed by atoms with E-state index in [1.807, 2.05) is 10.9 Å². The van der Waals surface area contributed by atoms with E-state index in [-0.39, 0.29) is 0 Å². The largest absolute Gasteiger partial charge is 0.459 e. The van der Waals surface area contributed by atoms with Gasteiger partial charge in [-0.05, 0) is 0 Å². The summed E-state index contributed by atoms with van der Waals surface area (Å²) in [7, 11) is 0. The lowest BCUT2D eigenvalue weighted by atomic mass is 10.1. The number of aliphatic hydroxyl groups is 4. The summed E-state index contributed by atoms with van der Waals surface area (Å²) in [6.45, 7) is -0.898. The summed E-state index contributed by atoms with van der Waals surface area (Å²) in [6.07, 6.45) is -3.20. The topological polar surface area (TPSA) is 158 Å². The fourth-order valence-electron chi connectivity index (χ4n) is 1.50. The lowest BCUT2D eigenvalue weighted by molar-refractivity contribution is -0.176. The van der Waals surface area contributed by atoms with Crippen molar-refractivity contribution < 1.29 is 39.5 Å². The fraction of sp³-hybridized carbons (Fsp3) is 0.750. The molecule has 0 saturated carbocycles. The highest BCUT2D eigenvalue weighted by Gasteiger charge is 2.56. The van der Waals surface area contributed by atoms with E-state index >= 15 is 0 Å². The molecule has 10 heteroatoms. The van der Waals surface area contributed by atoms with E-state index in [0.29, 0.717) is 0 Å². The first-order valence-electron chi connectivity index (χ1n) is 5.00. The smallest absolute Gasteiger partial charge is 0.358 e. The third-order valence-corrected chi connectivity index (χ3v) is 2.78. The van der Waals surface area contributed by atoms with Gasteiger partial charge in [0.05, 0.1) is 0 Å². The van der Waals surface area contributed by atoms with Crippen LogP contribution >= 0.6 is 0 Å². The van der Waals surface area contributed by atoms with Crippen molar-refractivity contribution >= 4 is 11.9 Å². The lowest BCUT2D eigenvalue weighted by Crippen LogP contribution is -2.70. The molecular formula is C8H12N2O8. The number of carbonyl (C=O) groups is 2. The van der Waals surface area contributed by atoms with Crippen molar-refractivity contribution in [1.82, 2.24) is 10.9 Å². The van der Waals surface area contributed by atoms with Gasteiger partial charge in [-0.25, -0.2) is 20.4 Å². The van der Waals surface area contributed by atoms with Crippen LogP contribution in [0.4, 0.5) is 0 Å². The molecule has 18 heavy (non-hydrogen) atoms. The van der Waals surface area contributed by atoms with Gasteiger partial charge in [0.15, 0.2) is 0 Å². The number of hydrazine groups is 1. The van der Waals surface area contributed by atoms with Crippen molar-refractivity contribution in [1.29, 1.82) is 0 Å². The van der Waals surface area contributed by atoms with Crippen LogP contribution in [0.15, 0.2) is 0 Å². The van der Waals surface area contributed by atoms with E-state index in [9.17, 15) is 30.0 Å². The van der Waals surface area contributed by atoms with Gasteiger partial charge in [-0.3, -0.25) is 0 Å². The number of esters is 2. The maximum Gasteiger partial charge on any atom is 0.358 e. The van der Waals surface area contributed by atoms with E-state index < -0.39 is 48.8 Å². The summed E-state index contributed by atoms with van der Waals surface area (Å²) in [5.74, 6) is -2.38. The van der Waals surface area contributed by atoms with Crippen LogP contribution < -0.4 is 10.9 Å². The average Bonchev–Trinajstić information content (AvgIpc) is 2.74. The maximum absolute atomic E-state index is 11.2. The second-order valence-electron chi connectivity index (χ2n) is 4.01. The Morgan fingerprint density at radius 1 is 0.944 bits per heavy atom. The highest BCUT2D eigenvalue weighted by Crippen LogP contribution is 2.20. The highest BCUT2D eigenvalue weighted by atomic mass is 16.6. The summed E-state index contributed by atoms with van der Waals surface area (Å²) >= 11 is 0. The molecule has 0 aromatic heterocycles. The Kier molecular flexibility index (Phi) is 3.01. The molecule has 0 spiro atoms. The fourth-order valence-corrected chi connectivity index (χ4v) is 1.50. The summed E-state index contributed by atoms with van der Waals surface area (Å²) in [6, 6.07) is 0. The molecule has 6 N–H and O–H groups in total. The number of rotatable bonds is 3. The second-order valence-corrected chi connectivity index (χ2v) is 4.01. The van der Waals surface area contributed by atoms with Crippen molar-refractivity contribution in [2.75, 3.05) is 13.2 Å². The molecule has 0 aliphatic carbocycles. The summed E-state index contributed by atoms with van der Waals surface area (Å²) in [5.41, 5.74) is -1.32. The van der Waals surface area contributed by atoms with Gasteiger partial charge < -0.3 is 29.9 Å². The molecule has 102 valence electrons. The Bertz CT molecular complexity index is 353. The molecule has 2 aliphatic rings. The normalized spacial score (nSPS) is 44.0. The van der Waals surface area contributed by atoms with Crippen molar-refractivity contribution in [3.05, 3.63) is 0 Å². The van der Waals surface area contributed by atoms with Crippen LogP contribution in [0.25, 0.3) is 0 Å². The van der Waals surface area contributed by atoms with E-state index in [1.165, 1.54) is 0 Å². The predicted molar refractivity (Wildman–Crippen MR) is 50.1 cm³/mol. The van der Waals surface area contributed by atoms with Gasteiger partial charge in [0.2, 0.25) is 0 Å². The molecule has 0 radical (unpaired) electrons. The lowest BCUT2D eigenvalue weighted by Gasteiger charge is -2.29. The van der Waals surface area contributed by atoms with Crippen molar-refractivity contribution in [3.8, 4) is 0 Å².